The quantitative estimate of drug-likeness (QED) is 0.566. The smallest absolute Gasteiger partial charge is 0.251 e. The average Bonchev–Trinajstić information content (AvgIpc) is 3.50. The molecule has 6 heteroatoms. The van der Waals surface area contributed by atoms with Crippen LogP contribution in [-0.2, 0) is 22.3 Å². The lowest BCUT2D eigenvalue weighted by molar-refractivity contribution is 0.0240. The minimum atomic E-state index is -0.00356. The molecule has 1 N–H and O–H groups in total. The maximum Gasteiger partial charge on any atom is 0.251 e. The van der Waals surface area contributed by atoms with Crippen molar-refractivity contribution in [1.82, 2.24) is 10.2 Å². The second-order valence-corrected chi connectivity index (χ2v) is 11.6. The number of nitrogens with zero attached hydrogens (tertiary/aromatic N) is 1. The Hall–Kier alpha value is -2.41. The Kier molecular flexibility index (Phi) is 8.29. The first-order valence-electron chi connectivity index (χ1n) is 14.8. The van der Waals surface area contributed by atoms with E-state index in [1.165, 1.54) is 55.5 Å². The summed E-state index contributed by atoms with van der Waals surface area (Å²) in [5, 5.41) is 3.28. The highest BCUT2D eigenvalue weighted by molar-refractivity contribution is 5.94. The summed E-state index contributed by atoms with van der Waals surface area (Å²) in [5.74, 6) is 1.41. The molecule has 0 bridgehead atoms. The van der Waals surface area contributed by atoms with Crippen molar-refractivity contribution in [3.8, 4) is 5.75 Å². The molecular formula is C32H42N2O4. The van der Waals surface area contributed by atoms with E-state index in [-0.39, 0.29) is 18.1 Å². The SMILES string of the molecule is O=C(N[C@H]1CCc2cc([C@H]3CCCN(C4CCOCC4)C3)ccc2C1)c1ccc(OC[C@@H]2CCCO2)cc1. The van der Waals surface area contributed by atoms with Crippen LogP contribution in [0.2, 0.25) is 0 Å². The number of carbonyl (C=O) groups excluding carboxylic acids is 1. The van der Waals surface area contributed by atoms with E-state index in [1.54, 1.807) is 0 Å². The number of ether oxygens (including phenoxy) is 3. The number of hydrogen-bond acceptors (Lipinski definition) is 5. The molecule has 6 nitrogen and oxygen atoms in total. The number of benzene rings is 2. The number of hydrogen-bond donors (Lipinski definition) is 1. The Labute approximate surface area is 227 Å². The van der Waals surface area contributed by atoms with E-state index < -0.39 is 0 Å². The van der Waals surface area contributed by atoms with Gasteiger partial charge in [-0.25, -0.2) is 0 Å². The minimum absolute atomic E-state index is 0.00356. The van der Waals surface area contributed by atoms with Gasteiger partial charge in [0.2, 0.25) is 0 Å². The lowest BCUT2D eigenvalue weighted by atomic mass is 9.83. The second-order valence-electron chi connectivity index (χ2n) is 11.6. The van der Waals surface area contributed by atoms with Gasteiger partial charge in [-0.15, -0.1) is 0 Å². The molecule has 1 aliphatic carbocycles. The zero-order valence-corrected chi connectivity index (χ0v) is 22.5. The molecule has 4 aliphatic rings. The van der Waals surface area contributed by atoms with E-state index in [1.807, 2.05) is 24.3 Å². The Morgan fingerprint density at radius 1 is 0.947 bits per heavy atom. The van der Waals surface area contributed by atoms with E-state index in [0.29, 0.717) is 24.1 Å². The summed E-state index contributed by atoms with van der Waals surface area (Å²) >= 11 is 0. The summed E-state index contributed by atoms with van der Waals surface area (Å²) in [7, 11) is 0. The molecular weight excluding hydrogens is 476 g/mol. The maximum absolute atomic E-state index is 12.9. The molecule has 3 saturated heterocycles. The van der Waals surface area contributed by atoms with Crippen molar-refractivity contribution in [3.05, 3.63) is 64.7 Å². The van der Waals surface area contributed by atoms with Crippen molar-refractivity contribution in [2.45, 2.75) is 81.9 Å². The fourth-order valence-corrected chi connectivity index (χ4v) is 6.75. The van der Waals surface area contributed by atoms with Crippen LogP contribution in [0.5, 0.6) is 5.75 Å². The van der Waals surface area contributed by atoms with Crippen LogP contribution in [-0.4, -0.2) is 68.5 Å². The maximum atomic E-state index is 12.9. The van der Waals surface area contributed by atoms with Gasteiger partial charge in [0.1, 0.15) is 12.4 Å². The van der Waals surface area contributed by atoms with Crippen LogP contribution in [0.1, 0.15) is 77.9 Å². The third-order valence-electron chi connectivity index (χ3n) is 9.00. The largest absolute Gasteiger partial charge is 0.491 e. The highest BCUT2D eigenvalue weighted by Gasteiger charge is 2.29. The molecule has 6 rings (SSSR count). The molecule has 3 heterocycles. The number of nitrogens with one attached hydrogen (secondary N) is 1. The molecule has 3 atom stereocenters. The van der Waals surface area contributed by atoms with Crippen LogP contribution in [0.25, 0.3) is 0 Å². The van der Waals surface area contributed by atoms with Crippen molar-refractivity contribution in [3.63, 3.8) is 0 Å². The van der Waals surface area contributed by atoms with Gasteiger partial charge in [-0.3, -0.25) is 9.69 Å². The summed E-state index contributed by atoms with van der Waals surface area (Å²) in [6, 6.07) is 15.5. The van der Waals surface area contributed by atoms with Crippen molar-refractivity contribution >= 4 is 5.91 Å². The first-order chi connectivity index (χ1) is 18.7. The number of likely N-dealkylation sites (tertiary alicyclic amines) is 1. The molecule has 0 radical (unpaired) electrons. The number of fused-ring (bicyclic) bond motifs is 1. The van der Waals surface area contributed by atoms with Gasteiger partial charge in [-0.2, -0.15) is 0 Å². The van der Waals surface area contributed by atoms with Crippen molar-refractivity contribution in [2.75, 3.05) is 39.5 Å². The summed E-state index contributed by atoms with van der Waals surface area (Å²) in [4.78, 5) is 15.7. The monoisotopic (exact) mass is 518 g/mol. The molecule has 0 spiro atoms. The van der Waals surface area contributed by atoms with Crippen LogP contribution in [0.15, 0.2) is 42.5 Å². The molecule has 0 aromatic heterocycles. The summed E-state index contributed by atoms with van der Waals surface area (Å²) < 4.78 is 17.0. The summed E-state index contributed by atoms with van der Waals surface area (Å²) in [5.41, 5.74) is 5.05. The molecule has 3 fully saturated rings. The molecule has 38 heavy (non-hydrogen) atoms. The van der Waals surface area contributed by atoms with Gasteiger partial charge in [0.05, 0.1) is 6.10 Å². The third-order valence-corrected chi connectivity index (χ3v) is 9.00. The van der Waals surface area contributed by atoms with Crippen LogP contribution in [0, 0.1) is 0 Å². The van der Waals surface area contributed by atoms with E-state index in [9.17, 15) is 4.79 Å². The number of rotatable bonds is 7. The Balaban J connectivity index is 1.01. The van der Waals surface area contributed by atoms with Gasteiger partial charge in [0.25, 0.3) is 5.91 Å². The van der Waals surface area contributed by atoms with E-state index >= 15 is 0 Å². The topological polar surface area (TPSA) is 60.0 Å². The van der Waals surface area contributed by atoms with Gasteiger partial charge in [0.15, 0.2) is 0 Å². The van der Waals surface area contributed by atoms with Gasteiger partial charge in [-0.1, -0.05) is 18.2 Å². The van der Waals surface area contributed by atoms with Crippen molar-refractivity contribution in [2.24, 2.45) is 0 Å². The Morgan fingerprint density at radius 2 is 1.82 bits per heavy atom. The second kappa shape index (κ2) is 12.2. The first-order valence-corrected chi connectivity index (χ1v) is 14.8. The highest BCUT2D eigenvalue weighted by Crippen LogP contribution is 2.33. The number of piperidine rings is 1. The van der Waals surface area contributed by atoms with Crippen LogP contribution >= 0.6 is 0 Å². The first kappa shape index (κ1) is 25.8. The lowest BCUT2D eigenvalue weighted by Gasteiger charge is -2.40. The van der Waals surface area contributed by atoms with Crippen LogP contribution in [0.3, 0.4) is 0 Å². The molecule has 2 aromatic rings. The van der Waals surface area contributed by atoms with Gasteiger partial charge >= 0.3 is 0 Å². The molecule has 3 aliphatic heterocycles. The zero-order chi connectivity index (χ0) is 25.7. The molecule has 0 unspecified atom stereocenters. The summed E-state index contributed by atoms with van der Waals surface area (Å²) in [6.45, 7) is 5.65. The van der Waals surface area contributed by atoms with Crippen LogP contribution in [0.4, 0.5) is 0 Å². The van der Waals surface area contributed by atoms with E-state index in [0.717, 1.165) is 57.7 Å². The predicted molar refractivity (Wildman–Crippen MR) is 148 cm³/mol. The van der Waals surface area contributed by atoms with Crippen LogP contribution < -0.4 is 10.1 Å². The van der Waals surface area contributed by atoms with Gasteiger partial charge in [-0.05, 0) is 111 Å². The zero-order valence-electron chi connectivity index (χ0n) is 22.5. The summed E-state index contributed by atoms with van der Waals surface area (Å²) in [6.07, 6.45) is 10.2. The Morgan fingerprint density at radius 3 is 2.63 bits per heavy atom. The Bertz CT molecular complexity index is 1080. The van der Waals surface area contributed by atoms with Gasteiger partial charge < -0.3 is 19.5 Å². The molecule has 0 saturated carbocycles. The standard InChI is InChI=1S/C32H42N2O4/c35-32(23-8-11-30(12-9-23)38-22-31-4-2-16-37-31)33-28-10-7-24-19-25(5-6-26(24)20-28)27-3-1-15-34(21-27)29-13-17-36-18-14-29/h5-6,8-9,11-12,19,27-29,31H,1-4,7,10,13-18,20-22H2,(H,33,35)/t27-,28-,31-/m0/s1. The normalized spacial score (nSPS) is 26.6. The van der Waals surface area contributed by atoms with E-state index in [2.05, 4.69) is 28.4 Å². The van der Waals surface area contributed by atoms with E-state index in [4.69, 9.17) is 14.2 Å². The fraction of sp³-hybridized carbons (Fsp3) is 0.594. The molecule has 2 aromatic carbocycles. The highest BCUT2D eigenvalue weighted by atomic mass is 16.5. The third kappa shape index (κ3) is 6.24. The number of amides is 1. The molecule has 204 valence electrons. The average molecular weight is 519 g/mol. The van der Waals surface area contributed by atoms with Gasteiger partial charge in [0, 0.05) is 44.0 Å². The molecule has 1 amide bonds. The van der Waals surface area contributed by atoms with Crippen molar-refractivity contribution < 1.29 is 19.0 Å². The lowest BCUT2D eigenvalue weighted by Crippen LogP contribution is -2.44. The number of carbonyl (C=O) groups is 1. The van der Waals surface area contributed by atoms with Crippen molar-refractivity contribution in [1.29, 1.82) is 0 Å². The number of aryl methyl sites for hydroxylation is 1. The fourth-order valence-electron chi connectivity index (χ4n) is 6.75. The predicted octanol–water partition coefficient (Wildman–Crippen LogP) is 4.89. The minimum Gasteiger partial charge on any atom is -0.491 e.